The first-order valence-corrected chi connectivity index (χ1v) is 23.3. The molecule has 384 valence electrons. The van der Waals surface area contributed by atoms with Gasteiger partial charge in [0.1, 0.15) is 0 Å². The molecule has 74 heavy (non-hydrogen) atoms. The molecule has 4 atom stereocenters. The Morgan fingerprint density at radius 2 is 0.838 bits per heavy atom. The van der Waals surface area contributed by atoms with E-state index in [0.717, 1.165) is 34.4 Å². The summed E-state index contributed by atoms with van der Waals surface area (Å²) < 4.78 is 94.4. The number of aliphatic hydroxyl groups excluding tert-OH is 2. The fraction of sp³-hybridized carbons (Fsp3) is 0.250. The summed E-state index contributed by atoms with van der Waals surface area (Å²) in [4.78, 5) is 30.9. The Labute approximate surface area is 421 Å². The Bertz CT molecular complexity index is 3010. The Balaban J connectivity index is 0.000000216. The van der Waals surface area contributed by atoms with Gasteiger partial charge in [-0.25, -0.2) is 0 Å². The molecule has 0 fully saturated rings. The second-order valence-corrected chi connectivity index (χ2v) is 17.9. The molecule has 0 unspecified atom stereocenters. The molecule has 0 bridgehead atoms. The number of hydrogen-bond donors (Lipinski definition) is 4. The lowest BCUT2D eigenvalue weighted by Gasteiger charge is -2.17. The first kappa shape index (κ1) is 53.8. The number of carbonyl (C=O) groups is 2. The summed E-state index contributed by atoms with van der Waals surface area (Å²) in [5.41, 5.74) is 3.90. The van der Waals surface area contributed by atoms with Crippen LogP contribution in [0, 0.1) is 25.7 Å². The van der Waals surface area contributed by atoms with Gasteiger partial charge in [0.2, 0.25) is 11.6 Å². The number of rotatable bonds is 16. The van der Waals surface area contributed by atoms with E-state index in [9.17, 15) is 46.1 Å². The fourth-order valence-corrected chi connectivity index (χ4v) is 8.46. The maximum absolute atomic E-state index is 14.0. The van der Waals surface area contributed by atoms with Crippen LogP contribution in [0.15, 0.2) is 143 Å². The van der Waals surface area contributed by atoms with Crippen LogP contribution in [0.4, 0.5) is 26.3 Å². The normalized spacial score (nSPS) is 13.4. The number of carboxylic acids is 2. The van der Waals surface area contributed by atoms with Crippen LogP contribution in [0.1, 0.15) is 71.9 Å². The Morgan fingerprint density at radius 1 is 0.500 bits per heavy atom. The van der Waals surface area contributed by atoms with Crippen molar-refractivity contribution in [2.45, 2.75) is 64.7 Å². The molecule has 2 aromatic heterocycles. The molecule has 0 radical (unpaired) electrons. The van der Waals surface area contributed by atoms with E-state index in [2.05, 4.69) is 20.3 Å². The molecule has 0 aliphatic carbocycles. The molecular weight excluding hydrogens is 971 g/mol. The topological polar surface area (TPSA) is 193 Å². The minimum absolute atomic E-state index is 0.0515. The highest BCUT2D eigenvalue weighted by Crippen LogP contribution is 2.42. The summed E-state index contributed by atoms with van der Waals surface area (Å²) in [6.45, 7) is 6.27. The Hall–Kier alpha value is -7.96. The van der Waals surface area contributed by atoms with Gasteiger partial charge in [-0.3, -0.25) is 9.59 Å². The summed E-state index contributed by atoms with van der Waals surface area (Å²) in [6, 6.07) is 35.4. The Morgan fingerprint density at radius 3 is 1.15 bits per heavy atom. The molecule has 0 amide bonds. The van der Waals surface area contributed by atoms with Gasteiger partial charge in [-0.15, -0.1) is 0 Å². The van der Waals surface area contributed by atoms with Crippen LogP contribution >= 0.6 is 0 Å². The Kier molecular flexibility index (Phi) is 16.6. The molecular formula is C56H50F6N4O8. The van der Waals surface area contributed by atoms with Crippen molar-refractivity contribution in [2.24, 2.45) is 11.8 Å². The monoisotopic (exact) mass is 1020 g/mol. The highest BCUT2D eigenvalue weighted by atomic mass is 19.4. The molecule has 0 saturated carbocycles. The second-order valence-electron chi connectivity index (χ2n) is 17.9. The van der Waals surface area contributed by atoms with Crippen LogP contribution in [0.25, 0.3) is 67.9 Å². The van der Waals surface area contributed by atoms with Crippen molar-refractivity contribution in [3.05, 3.63) is 167 Å². The van der Waals surface area contributed by atoms with Gasteiger partial charge in [0, 0.05) is 47.3 Å². The molecule has 8 aromatic rings. The smallest absolute Gasteiger partial charge is 0.417 e. The van der Waals surface area contributed by atoms with Gasteiger partial charge in [0.05, 0.1) is 23.0 Å². The number of aliphatic hydroxyl groups is 2. The van der Waals surface area contributed by atoms with Crippen molar-refractivity contribution < 1.29 is 65.4 Å². The van der Waals surface area contributed by atoms with Gasteiger partial charge in [-0.2, -0.15) is 36.3 Å². The van der Waals surface area contributed by atoms with Crippen molar-refractivity contribution in [3.8, 4) is 67.9 Å². The van der Waals surface area contributed by atoms with Crippen molar-refractivity contribution in [3.63, 3.8) is 0 Å². The van der Waals surface area contributed by atoms with E-state index < -0.39 is 47.3 Å². The largest absolute Gasteiger partial charge is 0.481 e. The van der Waals surface area contributed by atoms with Gasteiger partial charge in [0.25, 0.3) is 11.8 Å². The SMILES string of the molecule is Cc1ccccc1-c1ccc(-c2nc(-c3ccc([C@@H](CO)C[C@H](C)C(=O)O)cc3)no2)cc1C(F)(F)F.Cc1ccccc1-c1ccc(-c2nc(-c3ccc([C@H](CO)C[C@H](C)C(=O)O)cc3)no2)cc1C(F)(F)F. The zero-order valence-electron chi connectivity index (χ0n) is 40.3. The summed E-state index contributed by atoms with van der Waals surface area (Å²) in [5, 5.41) is 45.5. The summed E-state index contributed by atoms with van der Waals surface area (Å²) in [5.74, 6) is -3.53. The molecule has 0 aliphatic rings. The number of aryl methyl sites for hydroxylation is 2. The van der Waals surface area contributed by atoms with Gasteiger partial charge < -0.3 is 29.5 Å². The molecule has 2 heterocycles. The maximum atomic E-state index is 14.0. The molecule has 12 nitrogen and oxygen atoms in total. The van der Waals surface area contributed by atoms with E-state index >= 15 is 0 Å². The van der Waals surface area contributed by atoms with Gasteiger partial charge >= 0.3 is 24.3 Å². The van der Waals surface area contributed by atoms with Crippen molar-refractivity contribution in [2.75, 3.05) is 13.2 Å². The molecule has 0 saturated heterocycles. The standard InChI is InChI=1S/2C28H25F3N2O4/c2*1-16-5-3-4-6-22(16)23-12-11-20(14-24(23)28(29,30)31)26-32-25(33-37-26)19-9-7-18(8-10-19)21(15-34)13-17(2)27(35)36/h2*3-12,14,17,21,34H,13,15H2,1-2H3,(H,35,36)/t17-,21+;17-,21-/m00/s1. The third-order valence-electron chi connectivity index (χ3n) is 12.7. The third kappa shape index (κ3) is 12.6. The fourth-order valence-electron chi connectivity index (χ4n) is 8.46. The quantitative estimate of drug-likeness (QED) is 0.0670. The number of aromatic nitrogens is 4. The average molecular weight is 1020 g/mol. The average Bonchev–Trinajstić information content (AvgIpc) is 4.09. The number of alkyl halides is 6. The van der Waals surface area contributed by atoms with E-state index in [-0.39, 0.29) is 83.6 Å². The number of hydrogen-bond acceptors (Lipinski definition) is 10. The highest BCUT2D eigenvalue weighted by Gasteiger charge is 2.36. The predicted octanol–water partition coefficient (Wildman–Crippen LogP) is 13.2. The van der Waals surface area contributed by atoms with Crippen LogP contribution < -0.4 is 0 Å². The number of nitrogens with zero attached hydrogens (tertiary/aromatic N) is 4. The summed E-state index contributed by atoms with van der Waals surface area (Å²) >= 11 is 0. The van der Waals surface area contributed by atoms with Gasteiger partial charge in [0.15, 0.2) is 0 Å². The van der Waals surface area contributed by atoms with E-state index in [0.29, 0.717) is 22.3 Å². The van der Waals surface area contributed by atoms with E-state index in [1.165, 1.54) is 24.3 Å². The summed E-state index contributed by atoms with van der Waals surface area (Å²) in [7, 11) is 0. The predicted molar refractivity (Wildman–Crippen MR) is 263 cm³/mol. The molecule has 4 N–H and O–H groups in total. The number of halogens is 6. The summed E-state index contributed by atoms with van der Waals surface area (Å²) in [6.07, 6.45) is -8.63. The van der Waals surface area contributed by atoms with Crippen molar-refractivity contribution in [1.29, 1.82) is 0 Å². The maximum Gasteiger partial charge on any atom is 0.417 e. The van der Waals surface area contributed by atoms with Crippen LogP contribution in [0.2, 0.25) is 0 Å². The van der Waals surface area contributed by atoms with Crippen LogP contribution in [0.5, 0.6) is 0 Å². The van der Waals surface area contributed by atoms with Gasteiger partial charge in [-0.1, -0.05) is 133 Å². The number of aliphatic carboxylic acids is 2. The lowest BCUT2D eigenvalue weighted by atomic mass is 9.90. The van der Waals surface area contributed by atoms with Crippen molar-refractivity contribution >= 4 is 11.9 Å². The van der Waals surface area contributed by atoms with Crippen LogP contribution in [0.3, 0.4) is 0 Å². The molecule has 0 spiro atoms. The van der Waals surface area contributed by atoms with E-state index in [1.54, 1.807) is 125 Å². The lowest BCUT2D eigenvalue weighted by Crippen LogP contribution is -2.16. The minimum atomic E-state index is -4.59. The number of carboxylic acid groups (broad SMARTS) is 2. The van der Waals surface area contributed by atoms with Crippen LogP contribution in [-0.4, -0.2) is 65.9 Å². The molecule has 6 aromatic carbocycles. The minimum Gasteiger partial charge on any atom is -0.481 e. The zero-order chi connectivity index (χ0) is 53.5. The van der Waals surface area contributed by atoms with Gasteiger partial charge in [-0.05, 0) is 95.5 Å². The zero-order valence-corrected chi connectivity index (χ0v) is 40.3. The first-order valence-electron chi connectivity index (χ1n) is 23.3. The van der Waals surface area contributed by atoms with Crippen LogP contribution in [-0.2, 0) is 21.9 Å². The lowest BCUT2D eigenvalue weighted by molar-refractivity contribution is -0.142. The van der Waals surface area contributed by atoms with Crippen molar-refractivity contribution in [1.82, 2.24) is 20.3 Å². The van der Waals surface area contributed by atoms with E-state index in [1.807, 2.05) is 0 Å². The molecule has 0 aliphatic heterocycles. The first-order chi connectivity index (χ1) is 35.2. The highest BCUT2D eigenvalue weighted by molar-refractivity contribution is 5.76. The third-order valence-corrected chi connectivity index (χ3v) is 12.7. The molecule has 18 heteroatoms. The second kappa shape index (κ2) is 22.9. The number of benzene rings is 6. The van der Waals surface area contributed by atoms with E-state index in [4.69, 9.17) is 19.3 Å². The molecule has 8 rings (SSSR count).